The van der Waals surface area contributed by atoms with Gasteiger partial charge in [-0.3, -0.25) is 4.79 Å². The summed E-state index contributed by atoms with van der Waals surface area (Å²) in [5.41, 5.74) is 0.800. The molecule has 0 aliphatic carbocycles. The highest BCUT2D eigenvalue weighted by Gasteiger charge is 2.38. The summed E-state index contributed by atoms with van der Waals surface area (Å²) in [5.74, 6) is 0.468. The molecule has 0 bridgehead atoms. The molecule has 6 nitrogen and oxygen atoms in total. The van der Waals surface area contributed by atoms with Crippen molar-refractivity contribution in [3.8, 4) is 28.5 Å². The van der Waals surface area contributed by atoms with E-state index in [4.69, 9.17) is 30.8 Å². The molecule has 9 heteroatoms. The van der Waals surface area contributed by atoms with E-state index in [-0.39, 0.29) is 35.7 Å². The van der Waals surface area contributed by atoms with Gasteiger partial charge in [0, 0.05) is 28.5 Å². The number of halogens is 3. The summed E-state index contributed by atoms with van der Waals surface area (Å²) < 4.78 is 42.9. The highest BCUT2D eigenvalue weighted by Crippen LogP contribution is 2.46. The van der Waals surface area contributed by atoms with Gasteiger partial charge in [-0.15, -0.1) is 0 Å². The van der Waals surface area contributed by atoms with E-state index in [2.05, 4.69) is 0 Å². The maximum absolute atomic E-state index is 13.8. The van der Waals surface area contributed by atoms with Crippen molar-refractivity contribution >= 4 is 17.4 Å². The molecule has 0 spiro atoms. The third kappa shape index (κ3) is 5.61. The molecule has 1 aliphatic rings. The van der Waals surface area contributed by atoms with E-state index in [1.54, 1.807) is 25.1 Å². The molecule has 4 rings (SSSR count). The molecule has 1 N–H and O–H groups in total. The molecule has 1 aliphatic heterocycles. The number of ketones is 1. The third-order valence-corrected chi connectivity index (χ3v) is 6.97. The first-order chi connectivity index (χ1) is 18.0. The van der Waals surface area contributed by atoms with Crippen molar-refractivity contribution in [1.29, 1.82) is 0 Å². The Hall–Kier alpha value is -3.23. The summed E-state index contributed by atoms with van der Waals surface area (Å²) in [4.78, 5) is 17.7. The van der Waals surface area contributed by atoms with E-state index < -0.39 is 18.1 Å². The van der Waals surface area contributed by atoms with Gasteiger partial charge in [0.05, 0.1) is 24.4 Å². The Balaban J connectivity index is 1.62. The maximum Gasteiger partial charge on any atom is 0.163 e. The number of ether oxygens (including phenoxy) is 3. The molecule has 0 fully saturated rings. The zero-order valence-electron chi connectivity index (χ0n) is 21.7. The third-order valence-electron chi connectivity index (χ3n) is 6.68. The molecule has 2 aromatic carbocycles. The molecule has 1 atom stereocenters. The lowest BCUT2D eigenvalue weighted by atomic mass is 9.83. The van der Waals surface area contributed by atoms with Crippen LogP contribution in [0, 0.1) is 5.82 Å². The fourth-order valence-electron chi connectivity index (χ4n) is 4.37. The van der Waals surface area contributed by atoms with E-state index in [1.165, 1.54) is 25.3 Å². The number of hydrogen-bond acceptors (Lipinski definition) is 6. The summed E-state index contributed by atoms with van der Waals surface area (Å²) in [7, 11) is 1.44. The average Bonchev–Trinajstić information content (AvgIpc) is 3.21. The number of nitrogens with zero attached hydrogens (tertiary/aromatic N) is 1. The van der Waals surface area contributed by atoms with Crippen molar-refractivity contribution in [2.75, 3.05) is 27.0 Å². The number of benzene rings is 2. The van der Waals surface area contributed by atoms with Crippen LogP contribution in [0.4, 0.5) is 8.78 Å². The highest BCUT2D eigenvalue weighted by atomic mass is 35.5. The van der Waals surface area contributed by atoms with Gasteiger partial charge in [0.1, 0.15) is 36.1 Å². The number of methoxy groups -OCH3 is 1. The van der Waals surface area contributed by atoms with Crippen molar-refractivity contribution in [3.05, 3.63) is 70.1 Å². The Labute approximate surface area is 225 Å². The Morgan fingerprint density at radius 1 is 1.21 bits per heavy atom. The maximum atomic E-state index is 13.8. The summed E-state index contributed by atoms with van der Waals surface area (Å²) in [6.07, 6.45) is 0.113. The fourth-order valence-corrected chi connectivity index (χ4v) is 4.55. The van der Waals surface area contributed by atoms with Gasteiger partial charge in [-0.1, -0.05) is 25.4 Å². The van der Waals surface area contributed by atoms with Gasteiger partial charge < -0.3 is 19.3 Å². The zero-order valence-corrected chi connectivity index (χ0v) is 22.5. The molecule has 202 valence electrons. The number of pyridine rings is 1. The first kappa shape index (κ1) is 27.8. The van der Waals surface area contributed by atoms with Gasteiger partial charge in [-0.25, -0.2) is 13.8 Å². The lowest BCUT2D eigenvalue weighted by molar-refractivity contribution is 0.0396. The Bertz CT molecular complexity index is 1360. The molecule has 38 heavy (non-hydrogen) atoms. The second-order valence-corrected chi connectivity index (χ2v) is 10.5. The SMILES string of the molecule is COc1cc(C(=O)CCC(C)(O)c2cc3c(c(-c4ccc(F)c(Cl)c4)n2)OCC3(C)C)ccc1OCCF. The van der Waals surface area contributed by atoms with Crippen molar-refractivity contribution in [2.24, 2.45) is 0 Å². The van der Waals surface area contributed by atoms with Crippen molar-refractivity contribution in [1.82, 2.24) is 4.98 Å². The molecular formula is C29H30ClF2NO5. The van der Waals surface area contributed by atoms with E-state index >= 15 is 0 Å². The fraction of sp³-hybridized carbons (Fsp3) is 0.379. The first-order valence-corrected chi connectivity index (χ1v) is 12.6. The number of aromatic nitrogens is 1. The minimum absolute atomic E-state index is 0.0250. The van der Waals surface area contributed by atoms with Gasteiger partial charge in [0.25, 0.3) is 0 Å². The largest absolute Gasteiger partial charge is 0.493 e. The Morgan fingerprint density at radius 3 is 2.66 bits per heavy atom. The first-order valence-electron chi connectivity index (χ1n) is 12.2. The summed E-state index contributed by atoms with van der Waals surface area (Å²) in [6.45, 7) is 5.31. The van der Waals surface area contributed by atoms with Crippen LogP contribution in [0.25, 0.3) is 11.3 Å². The van der Waals surface area contributed by atoms with Crippen molar-refractivity contribution in [2.45, 2.75) is 44.6 Å². The molecule has 2 heterocycles. The van der Waals surface area contributed by atoms with Crippen LogP contribution < -0.4 is 14.2 Å². The van der Waals surface area contributed by atoms with Crippen molar-refractivity contribution < 1.29 is 32.9 Å². The van der Waals surface area contributed by atoms with Crippen LogP contribution >= 0.6 is 11.6 Å². The standard InChI is InChI=1S/C29H30ClF2NO5/c1-28(2)16-38-27-19(28)15-25(33-26(27)18-5-7-21(32)20(30)13-18)29(3,35)10-9-22(34)17-6-8-23(37-12-11-31)24(14-17)36-4/h5-8,13-15,35H,9-12,16H2,1-4H3. The summed E-state index contributed by atoms with van der Waals surface area (Å²) >= 11 is 6.04. The predicted octanol–water partition coefficient (Wildman–Crippen LogP) is 6.44. The normalized spacial score (nSPS) is 15.4. The van der Waals surface area contributed by atoms with Crippen LogP contribution in [-0.4, -0.2) is 42.9 Å². The van der Waals surface area contributed by atoms with E-state index in [0.29, 0.717) is 46.4 Å². The molecular weight excluding hydrogens is 516 g/mol. The van der Waals surface area contributed by atoms with Crippen LogP contribution in [0.15, 0.2) is 42.5 Å². The van der Waals surface area contributed by atoms with Gasteiger partial charge in [-0.2, -0.15) is 0 Å². The number of carbonyl (C=O) groups is 1. The predicted molar refractivity (Wildman–Crippen MR) is 141 cm³/mol. The number of hydrogen-bond donors (Lipinski definition) is 1. The van der Waals surface area contributed by atoms with Gasteiger partial charge >= 0.3 is 0 Å². The summed E-state index contributed by atoms with van der Waals surface area (Å²) in [6, 6.07) is 10.8. The summed E-state index contributed by atoms with van der Waals surface area (Å²) in [5, 5.41) is 11.4. The number of Topliss-reactive ketones (excluding diaryl/α,β-unsaturated/α-hetero) is 1. The molecule has 3 aromatic rings. The Kier molecular flexibility index (Phi) is 7.95. The van der Waals surface area contributed by atoms with Gasteiger partial charge in [0.2, 0.25) is 0 Å². The van der Waals surface area contributed by atoms with Crippen molar-refractivity contribution in [3.63, 3.8) is 0 Å². The monoisotopic (exact) mass is 545 g/mol. The number of aliphatic hydroxyl groups is 1. The van der Waals surface area contributed by atoms with Gasteiger partial charge in [-0.05, 0) is 55.8 Å². The van der Waals surface area contributed by atoms with Crippen LogP contribution in [0.1, 0.15) is 55.2 Å². The number of alkyl halides is 1. The molecule has 1 unspecified atom stereocenters. The minimum Gasteiger partial charge on any atom is -0.493 e. The van der Waals surface area contributed by atoms with Gasteiger partial charge in [0.15, 0.2) is 17.3 Å². The molecule has 0 saturated heterocycles. The van der Waals surface area contributed by atoms with Crippen LogP contribution in [0.5, 0.6) is 17.2 Å². The highest BCUT2D eigenvalue weighted by molar-refractivity contribution is 6.31. The molecule has 1 aromatic heterocycles. The number of carbonyl (C=O) groups excluding carboxylic acids is 1. The van der Waals surface area contributed by atoms with E-state index in [0.717, 1.165) is 5.56 Å². The topological polar surface area (TPSA) is 77.9 Å². The van der Waals surface area contributed by atoms with E-state index in [9.17, 15) is 18.7 Å². The van der Waals surface area contributed by atoms with E-state index in [1.807, 2.05) is 19.9 Å². The second-order valence-electron chi connectivity index (χ2n) is 10.1. The number of fused-ring (bicyclic) bond motifs is 1. The molecule has 0 saturated carbocycles. The Morgan fingerprint density at radius 2 is 1.97 bits per heavy atom. The van der Waals surface area contributed by atoms with Crippen LogP contribution in [-0.2, 0) is 11.0 Å². The smallest absolute Gasteiger partial charge is 0.163 e. The van der Waals surface area contributed by atoms with Crippen LogP contribution in [0.3, 0.4) is 0 Å². The lowest BCUT2D eigenvalue weighted by Gasteiger charge is -2.25. The average molecular weight is 546 g/mol. The zero-order chi connectivity index (χ0) is 27.7. The van der Waals surface area contributed by atoms with Crippen LogP contribution in [0.2, 0.25) is 5.02 Å². The second kappa shape index (κ2) is 10.9. The minimum atomic E-state index is -1.46. The molecule has 0 amide bonds. The quantitative estimate of drug-likeness (QED) is 0.295. The lowest BCUT2D eigenvalue weighted by Crippen LogP contribution is -2.25. The molecule has 0 radical (unpaired) electrons. The number of rotatable bonds is 10.